The van der Waals surface area contributed by atoms with Crippen molar-refractivity contribution in [2.45, 2.75) is 6.92 Å². The third-order valence-corrected chi connectivity index (χ3v) is 2.72. The first-order chi connectivity index (χ1) is 8.56. The van der Waals surface area contributed by atoms with Gasteiger partial charge in [-0.2, -0.15) is 0 Å². The Morgan fingerprint density at radius 2 is 2.06 bits per heavy atom. The van der Waals surface area contributed by atoms with Crippen molar-refractivity contribution in [2.24, 2.45) is 0 Å². The second-order valence-electron chi connectivity index (χ2n) is 3.57. The molecular formula is C12H9BrN2O3. The molecule has 1 aromatic carbocycles. The number of rotatable bonds is 3. The summed E-state index contributed by atoms with van der Waals surface area (Å²) in [6.45, 7) is 1.90. The molecule has 6 heteroatoms. The number of hydrogen-bond donors (Lipinski definition) is 1. The van der Waals surface area contributed by atoms with Crippen molar-refractivity contribution in [2.75, 3.05) is 0 Å². The van der Waals surface area contributed by atoms with Gasteiger partial charge in [0, 0.05) is 10.5 Å². The van der Waals surface area contributed by atoms with Gasteiger partial charge in [0.25, 0.3) is 0 Å². The Morgan fingerprint density at radius 1 is 1.28 bits per heavy atom. The van der Waals surface area contributed by atoms with Gasteiger partial charge < -0.3 is 9.84 Å². The standard InChI is InChI=1S/C12H9BrN2O3/c1-7-2-3-8(13)6-10(7)18-11-5-4-9(12(16)17)14-15-11/h2-6H,1H3,(H,16,17). The molecule has 5 nitrogen and oxygen atoms in total. The summed E-state index contributed by atoms with van der Waals surface area (Å²) in [5, 5.41) is 15.9. The second kappa shape index (κ2) is 5.14. The largest absolute Gasteiger partial charge is 0.476 e. The van der Waals surface area contributed by atoms with E-state index in [0.717, 1.165) is 10.0 Å². The Hall–Kier alpha value is -1.95. The van der Waals surface area contributed by atoms with Crippen LogP contribution < -0.4 is 4.74 Å². The van der Waals surface area contributed by atoms with Crippen LogP contribution in [0.4, 0.5) is 0 Å². The lowest BCUT2D eigenvalue weighted by molar-refractivity contribution is 0.0689. The van der Waals surface area contributed by atoms with E-state index in [1.165, 1.54) is 12.1 Å². The summed E-state index contributed by atoms with van der Waals surface area (Å²) in [6, 6.07) is 8.43. The summed E-state index contributed by atoms with van der Waals surface area (Å²) in [5.74, 6) is -0.226. The molecule has 18 heavy (non-hydrogen) atoms. The molecule has 2 aromatic rings. The van der Waals surface area contributed by atoms with E-state index in [0.29, 0.717) is 5.75 Å². The average Bonchev–Trinajstić information content (AvgIpc) is 2.34. The number of ether oxygens (including phenoxy) is 1. The molecule has 0 saturated carbocycles. The maximum Gasteiger partial charge on any atom is 0.356 e. The predicted molar refractivity (Wildman–Crippen MR) is 67.9 cm³/mol. The Labute approximate surface area is 112 Å². The van der Waals surface area contributed by atoms with Crippen molar-refractivity contribution in [1.29, 1.82) is 0 Å². The molecule has 1 heterocycles. The second-order valence-corrected chi connectivity index (χ2v) is 4.49. The molecule has 0 unspecified atom stereocenters. The molecule has 0 amide bonds. The van der Waals surface area contributed by atoms with Crippen LogP contribution in [0.25, 0.3) is 0 Å². The van der Waals surface area contributed by atoms with Gasteiger partial charge in [0.1, 0.15) is 5.75 Å². The van der Waals surface area contributed by atoms with E-state index in [-0.39, 0.29) is 11.6 Å². The summed E-state index contributed by atoms with van der Waals surface area (Å²) in [6.07, 6.45) is 0. The Balaban J connectivity index is 2.23. The van der Waals surface area contributed by atoms with Crippen LogP contribution in [-0.4, -0.2) is 21.3 Å². The minimum absolute atomic E-state index is 0.117. The molecular weight excluding hydrogens is 300 g/mol. The number of benzene rings is 1. The average molecular weight is 309 g/mol. The van der Waals surface area contributed by atoms with Crippen molar-refractivity contribution in [3.05, 3.63) is 46.1 Å². The van der Waals surface area contributed by atoms with Gasteiger partial charge in [0.05, 0.1) is 0 Å². The van der Waals surface area contributed by atoms with E-state index >= 15 is 0 Å². The van der Waals surface area contributed by atoms with Crippen molar-refractivity contribution in [1.82, 2.24) is 10.2 Å². The van der Waals surface area contributed by atoms with Crippen molar-refractivity contribution < 1.29 is 14.6 Å². The lowest BCUT2D eigenvalue weighted by Crippen LogP contribution is -2.02. The number of carboxylic acid groups (broad SMARTS) is 1. The molecule has 0 aliphatic carbocycles. The van der Waals surface area contributed by atoms with Gasteiger partial charge >= 0.3 is 5.97 Å². The molecule has 0 fully saturated rings. The number of carboxylic acids is 1. The molecule has 0 radical (unpaired) electrons. The number of aryl methyl sites for hydroxylation is 1. The van der Waals surface area contributed by atoms with Gasteiger partial charge in [-0.05, 0) is 30.7 Å². The zero-order chi connectivity index (χ0) is 13.1. The number of nitrogens with zero attached hydrogens (tertiary/aromatic N) is 2. The third kappa shape index (κ3) is 2.84. The zero-order valence-electron chi connectivity index (χ0n) is 9.42. The van der Waals surface area contributed by atoms with Gasteiger partial charge in [0.15, 0.2) is 5.69 Å². The molecule has 0 spiro atoms. The maximum absolute atomic E-state index is 10.6. The fourth-order valence-corrected chi connectivity index (χ4v) is 1.63. The van der Waals surface area contributed by atoms with Crippen LogP contribution in [0.3, 0.4) is 0 Å². The number of aromatic nitrogens is 2. The highest BCUT2D eigenvalue weighted by molar-refractivity contribution is 9.10. The van der Waals surface area contributed by atoms with Crippen LogP contribution in [-0.2, 0) is 0 Å². The van der Waals surface area contributed by atoms with Gasteiger partial charge in [-0.3, -0.25) is 0 Å². The monoisotopic (exact) mass is 308 g/mol. The summed E-state index contributed by atoms with van der Waals surface area (Å²) in [7, 11) is 0. The molecule has 0 atom stereocenters. The highest BCUT2D eigenvalue weighted by Gasteiger charge is 2.07. The summed E-state index contributed by atoms with van der Waals surface area (Å²) >= 11 is 3.35. The SMILES string of the molecule is Cc1ccc(Br)cc1Oc1ccc(C(=O)O)nn1. The quantitative estimate of drug-likeness (QED) is 0.943. The Kier molecular flexibility index (Phi) is 3.57. The molecule has 0 bridgehead atoms. The number of carbonyl (C=O) groups is 1. The normalized spacial score (nSPS) is 10.1. The summed E-state index contributed by atoms with van der Waals surface area (Å²) in [4.78, 5) is 10.6. The predicted octanol–water partition coefficient (Wildman–Crippen LogP) is 3.04. The lowest BCUT2D eigenvalue weighted by Gasteiger charge is -2.07. The lowest BCUT2D eigenvalue weighted by atomic mass is 10.2. The Bertz CT molecular complexity index is 584. The minimum Gasteiger partial charge on any atom is -0.476 e. The van der Waals surface area contributed by atoms with Gasteiger partial charge in [0.2, 0.25) is 5.88 Å². The maximum atomic E-state index is 10.6. The molecule has 0 saturated heterocycles. The minimum atomic E-state index is -1.12. The van der Waals surface area contributed by atoms with Crippen molar-refractivity contribution in [3.63, 3.8) is 0 Å². The number of hydrogen-bond acceptors (Lipinski definition) is 4. The fourth-order valence-electron chi connectivity index (χ4n) is 1.29. The topological polar surface area (TPSA) is 72.3 Å². The molecule has 1 aromatic heterocycles. The van der Waals surface area contributed by atoms with E-state index in [4.69, 9.17) is 9.84 Å². The molecule has 92 valence electrons. The van der Waals surface area contributed by atoms with Gasteiger partial charge in [-0.1, -0.05) is 22.0 Å². The van der Waals surface area contributed by atoms with E-state index in [1.807, 2.05) is 25.1 Å². The first kappa shape index (κ1) is 12.5. The van der Waals surface area contributed by atoms with Crippen LogP contribution in [0.2, 0.25) is 0 Å². The molecule has 0 aliphatic heterocycles. The number of halogens is 1. The Morgan fingerprint density at radius 3 is 2.67 bits per heavy atom. The highest BCUT2D eigenvalue weighted by atomic mass is 79.9. The van der Waals surface area contributed by atoms with E-state index in [9.17, 15) is 4.79 Å². The zero-order valence-corrected chi connectivity index (χ0v) is 11.0. The smallest absolute Gasteiger partial charge is 0.356 e. The molecule has 2 rings (SSSR count). The van der Waals surface area contributed by atoms with E-state index in [1.54, 1.807) is 0 Å². The van der Waals surface area contributed by atoms with Crippen LogP contribution in [0.1, 0.15) is 16.1 Å². The van der Waals surface area contributed by atoms with Crippen molar-refractivity contribution >= 4 is 21.9 Å². The fraction of sp³-hybridized carbons (Fsp3) is 0.0833. The molecule has 1 N–H and O–H groups in total. The third-order valence-electron chi connectivity index (χ3n) is 2.22. The summed E-state index contributed by atoms with van der Waals surface area (Å²) in [5.41, 5.74) is 0.829. The van der Waals surface area contributed by atoms with Crippen molar-refractivity contribution in [3.8, 4) is 11.6 Å². The van der Waals surface area contributed by atoms with E-state index in [2.05, 4.69) is 26.1 Å². The van der Waals surface area contributed by atoms with Crippen LogP contribution in [0.5, 0.6) is 11.6 Å². The van der Waals surface area contributed by atoms with Crippen LogP contribution in [0, 0.1) is 6.92 Å². The van der Waals surface area contributed by atoms with Gasteiger partial charge in [-0.25, -0.2) is 4.79 Å². The first-order valence-corrected chi connectivity index (χ1v) is 5.86. The van der Waals surface area contributed by atoms with Gasteiger partial charge in [-0.15, -0.1) is 10.2 Å². The van der Waals surface area contributed by atoms with Crippen LogP contribution in [0.15, 0.2) is 34.8 Å². The molecule has 0 aliphatic rings. The van der Waals surface area contributed by atoms with E-state index < -0.39 is 5.97 Å². The first-order valence-electron chi connectivity index (χ1n) is 5.07. The highest BCUT2D eigenvalue weighted by Crippen LogP contribution is 2.26. The van der Waals surface area contributed by atoms with Crippen LogP contribution >= 0.6 is 15.9 Å². The number of aromatic carboxylic acids is 1. The summed E-state index contributed by atoms with van der Waals surface area (Å²) < 4.78 is 6.42.